The average Bonchev–Trinajstić information content (AvgIpc) is 4.00. The van der Waals surface area contributed by atoms with Crippen molar-refractivity contribution in [3.05, 3.63) is 194 Å². The number of benzene rings is 9. The SMILES string of the molecule is c1ccc(-c2ccc(-c3nc(-c4cc(-n5c6ccccc6c6cc7ccccc7cc65)c5c(c4)oc4ccccc45)nc(-c4ccc5c(c4)sc4ccccc45)n3)cc2)cc1. The predicted molar refractivity (Wildman–Crippen MR) is 254 cm³/mol. The van der Waals surface area contributed by atoms with Crippen LogP contribution in [0.1, 0.15) is 0 Å². The summed E-state index contributed by atoms with van der Waals surface area (Å²) in [6, 6.07) is 68.6. The molecule has 6 heteroatoms. The molecule has 284 valence electrons. The summed E-state index contributed by atoms with van der Waals surface area (Å²) in [4.78, 5) is 15.8. The quantitative estimate of drug-likeness (QED) is 0.174. The van der Waals surface area contributed by atoms with Crippen LogP contribution in [-0.2, 0) is 0 Å². The molecule has 4 heterocycles. The number of para-hydroxylation sites is 2. The van der Waals surface area contributed by atoms with E-state index in [4.69, 9.17) is 19.4 Å². The van der Waals surface area contributed by atoms with Crippen molar-refractivity contribution in [3.8, 4) is 51.0 Å². The first-order valence-corrected chi connectivity index (χ1v) is 21.2. The molecule has 4 aromatic heterocycles. The predicted octanol–water partition coefficient (Wildman–Crippen LogP) is 15.1. The minimum Gasteiger partial charge on any atom is -0.456 e. The van der Waals surface area contributed by atoms with Gasteiger partial charge in [0.05, 0.1) is 22.1 Å². The molecule has 0 atom stereocenters. The molecule has 61 heavy (non-hydrogen) atoms. The normalized spacial score (nSPS) is 11.9. The first-order chi connectivity index (χ1) is 30.2. The smallest absolute Gasteiger partial charge is 0.164 e. The molecule has 13 aromatic rings. The summed E-state index contributed by atoms with van der Waals surface area (Å²) in [7, 11) is 0. The molecule has 9 aromatic carbocycles. The van der Waals surface area contributed by atoms with Crippen LogP contribution in [-0.4, -0.2) is 19.5 Å². The van der Waals surface area contributed by atoms with Crippen molar-refractivity contribution in [2.45, 2.75) is 0 Å². The van der Waals surface area contributed by atoms with Crippen molar-refractivity contribution >= 4 is 86.0 Å². The van der Waals surface area contributed by atoms with Crippen LogP contribution < -0.4 is 0 Å². The lowest BCUT2D eigenvalue weighted by Crippen LogP contribution is -2.01. The molecule has 13 rings (SSSR count). The summed E-state index contributed by atoms with van der Waals surface area (Å²) in [5, 5.41) is 9.36. The van der Waals surface area contributed by atoms with Crippen LogP contribution in [0.15, 0.2) is 199 Å². The lowest BCUT2D eigenvalue weighted by atomic mass is 10.0. The minimum absolute atomic E-state index is 0.568. The van der Waals surface area contributed by atoms with Crippen molar-refractivity contribution in [2.24, 2.45) is 0 Å². The summed E-state index contributed by atoms with van der Waals surface area (Å²) >= 11 is 1.79. The molecule has 0 aliphatic carbocycles. The van der Waals surface area contributed by atoms with E-state index in [-0.39, 0.29) is 0 Å². The summed E-state index contributed by atoms with van der Waals surface area (Å²) in [5.74, 6) is 1.78. The van der Waals surface area contributed by atoms with Crippen LogP contribution in [0.5, 0.6) is 0 Å². The maximum atomic E-state index is 6.73. The average molecular weight is 797 g/mol. The number of aromatic nitrogens is 4. The fourth-order valence-electron chi connectivity index (χ4n) is 9.12. The Morgan fingerprint density at radius 1 is 0.361 bits per heavy atom. The molecule has 0 unspecified atom stereocenters. The van der Waals surface area contributed by atoms with Crippen LogP contribution in [0.4, 0.5) is 0 Å². The molecule has 5 nitrogen and oxygen atoms in total. The van der Waals surface area contributed by atoms with Crippen LogP contribution in [0, 0.1) is 0 Å². The maximum absolute atomic E-state index is 6.73. The fourth-order valence-corrected chi connectivity index (χ4v) is 10.3. The third kappa shape index (κ3) is 5.43. The molecule has 0 saturated carbocycles. The van der Waals surface area contributed by atoms with Gasteiger partial charge in [0.1, 0.15) is 11.2 Å². The van der Waals surface area contributed by atoms with Gasteiger partial charge in [-0.05, 0) is 70.4 Å². The van der Waals surface area contributed by atoms with Crippen LogP contribution in [0.3, 0.4) is 0 Å². The molecular weight excluding hydrogens is 765 g/mol. The Morgan fingerprint density at radius 3 is 1.80 bits per heavy atom. The van der Waals surface area contributed by atoms with Gasteiger partial charge in [0, 0.05) is 53.0 Å². The third-order valence-corrected chi connectivity index (χ3v) is 13.2. The Kier molecular flexibility index (Phi) is 7.41. The van der Waals surface area contributed by atoms with Gasteiger partial charge >= 0.3 is 0 Å². The summed E-state index contributed by atoms with van der Waals surface area (Å²) in [5.41, 5.74) is 9.80. The molecule has 0 radical (unpaired) electrons. The van der Waals surface area contributed by atoms with Gasteiger partial charge in [0.2, 0.25) is 0 Å². The van der Waals surface area contributed by atoms with E-state index in [1.807, 2.05) is 18.2 Å². The number of furan rings is 1. The molecule has 0 aliphatic heterocycles. The van der Waals surface area contributed by atoms with E-state index < -0.39 is 0 Å². The Labute approximate surface area is 353 Å². The Hall–Kier alpha value is -7.93. The van der Waals surface area contributed by atoms with Gasteiger partial charge in [-0.1, -0.05) is 146 Å². The monoisotopic (exact) mass is 796 g/mol. The van der Waals surface area contributed by atoms with E-state index in [0.717, 1.165) is 66.5 Å². The van der Waals surface area contributed by atoms with Gasteiger partial charge in [-0.15, -0.1) is 11.3 Å². The molecule has 0 bridgehead atoms. The van der Waals surface area contributed by atoms with E-state index in [1.165, 1.54) is 41.7 Å². The number of hydrogen-bond donors (Lipinski definition) is 0. The van der Waals surface area contributed by atoms with Crippen molar-refractivity contribution in [1.82, 2.24) is 19.5 Å². The van der Waals surface area contributed by atoms with Gasteiger partial charge in [0.25, 0.3) is 0 Å². The molecule has 0 N–H and O–H groups in total. The second-order valence-electron chi connectivity index (χ2n) is 15.6. The second kappa shape index (κ2) is 13.3. The third-order valence-electron chi connectivity index (χ3n) is 12.0. The van der Waals surface area contributed by atoms with Gasteiger partial charge in [-0.25, -0.2) is 15.0 Å². The van der Waals surface area contributed by atoms with E-state index in [0.29, 0.717) is 17.5 Å². The van der Waals surface area contributed by atoms with Crippen LogP contribution in [0.2, 0.25) is 0 Å². The maximum Gasteiger partial charge on any atom is 0.164 e. The highest BCUT2D eigenvalue weighted by Gasteiger charge is 2.22. The zero-order chi connectivity index (χ0) is 40.0. The van der Waals surface area contributed by atoms with Crippen molar-refractivity contribution in [2.75, 3.05) is 0 Å². The minimum atomic E-state index is 0.568. The van der Waals surface area contributed by atoms with Crippen molar-refractivity contribution < 1.29 is 4.42 Å². The number of thiophene rings is 1. The molecule has 0 fully saturated rings. The highest BCUT2D eigenvalue weighted by atomic mass is 32.1. The molecule has 0 aliphatic rings. The van der Waals surface area contributed by atoms with Crippen molar-refractivity contribution in [3.63, 3.8) is 0 Å². The standard InChI is InChI=1S/C55H32N4OS/c1-2-12-33(13-3-1)34-22-24-35(25-23-34)53-56-54(38-26-27-42-41-17-8-11-21-50(41)61-51(42)32-38)58-55(57-53)39-30-47(52-43-18-7-10-20-48(43)60-49(52)31-39)59-45-19-9-6-16-40(45)44-28-36-14-4-5-15-37(36)29-46(44)59/h1-32H. The number of hydrogen-bond acceptors (Lipinski definition) is 5. The van der Waals surface area contributed by atoms with Crippen molar-refractivity contribution in [1.29, 1.82) is 0 Å². The van der Waals surface area contributed by atoms with E-state index >= 15 is 0 Å². The molecule has 0 amide bonds. The number of rotatable bonds is 5. The molecule has 0 spiro atoms. The number of fused-ring (bicyclic) bond motifs is 10. The lowest BCUT2D eigenvalue weighted by molar-refractivity contribution is 0.669. The van der Waals surface area contributed by atoms with Crippen LogP contribution in [0.25, 0.3) is 126 Å². The van der Waals surface area contributed by atoms with Gasteiger partial charge in [-0.3, -0.25) is 0 Å². The largest absolute Gasteiger partial charge is 0.456 e. The van der Waals surface area contributed by atoms with Gasteiger partial charge < -0.3 is 8.98 Å². The van der Waals surface area contributed by atoms with Gasteiger partial charge in [-0.2, -0.15) is 0 Å². The molecule has 0 saturated heterocycles. The van der Waals surface area contributed by atoms with E-state index in [1.54, 1.807) is 11.3 Å². The first-order valence-electron chi connectivity index (χ1n) is 20.4. The highest BCUT2D eigenvalue weighted by Crippen LogP contribution is 2.42. The molecular formula is C55H32N4OS. The first kappa shape index (κ1) is 34.0. The summed E-state index contributed by atoms with van der Waals surface area (Å²) < 4.78 is 11.6. The Balaban J connectivity index is 1.07. The second-order valence-corrected chi connectivity index (χ2v) is 16.7. The topological polar surface area (TPSA) is 56.7 Å². The zero-order valence-electron chi connectivity index (χ0n) is 32.6. The Bertz CT molecular complexity index is 3880. The number of nitrogens with zero attached hydrogens (tertiary/aromatic N) is 4. The summed E-state index contributed by atoms with van der Waals surface area (Å²) in [6.07, 6.45) is 0. The van der Waals surface area contributed by atoms with Crippen LogP contribution >= 0.6 is 11.3 Å². The zero-order valence-corrected chi connectivity index (χ0v) is 33.4. The Morgan fingerprint density at radius 2 is 0.967 bits per heavy atom. The summed E-state index contributed by atoms with van der Waals surface area (Å²) in [6.45, 7) is 0. The van der Waals surface area contributed by atoms with Gasteiger partial charge in [0.15, 0.2) is 17.5 Å². The van der Waals surface area contributed by atoms with E-state index in [2.05, 4.69) is 180 Å². The lowest BCUT2D eigenvalue weighted by Gasteiger charge is -2.13. The van der Waals surface area contributed by atoms with E-state index in [9.17, 15) is 0 Å². The fraction of sp³-hybridized carbons (Fsp3) is 0. The highest BCUT2D eigenvalue weighted by molar-refractivity contribution is 7.25.